The van der Waals surface area contributed by atoms with Gasteiger partial charge in [0.1, 0.15) is 12.4 Å². The van der Waals surface area contributed by atoms with Crippen LogP contribution in [0.3, 0.4) is 0 Å². The second kappa shape index (κ2) is 7.71. The van der Waals surface area contributed by atoms with Gasteiger partial charge in [0.2, 0.25) is 5.13 Å². The predicted molar refractivity (Wildman–Crippen MR) is 94.9 cm³/mol. The number of ether oxygens (including phenoxy) is 1. The van der Waals surface area contributed by atoms with Crippen molar-refractivity contribution in [2.24, 2.45) is 5.10 Å². The number of hydrogen-bond acceptors (Lipinski definition) is 6. The standard InChI is InChI=1S/C17H14F2N4OS/c18-13-6-3-7-14(19)16(13)24-9-12-5-2-1-4-11(12)8-21-23-17-22-15(20)10-25-17/h1-8,10H,9,20H2,(H,22,23). The first-order chi connectivity index (χ1) is 12.1. The number of benzene rings is 2. The molecule has 3 aromatic rings. The second-order valence-corrected chi connectivity index (χ2v) is 5.84. The van der Waals surface area contributed by atoms with Gasteiger partial charge in [0.25, 0.3) is 0 Å². The van der Waals surface area contributed by atoms with Crippen molar-refractivity contribution in [2.75, 3.05) is 11.2 Å². The van der Waals surface area contributed by atoms with Crippen molar-refractivity contribution in [1.29, 1.82) is 0 Å². The maximum Gasteiger partial charge on any atom is 0.205 e. The van der Waals surface area contributed by atoms with E-state index in [0.29, 0.717) is 10.9 Å². The summed E-state index contributed by atoms with van der Waals surface area (Å²) >= 11 is 1.33. The van der Waals surface area contributed by atoms with E-state index in [1.54, 1.807) is 17.7 Å². The lowest BCUT2D eigenvalue weighted by atomic mass is 10.1. The number of thiazole rings is 1. The van der Waals surface area contributed by atoms with Crippen LogP contribution in [0.1, 0.15) is 11.1 Å². The van der Waals surface area contributed by atoms with E-state index in [1.807, 2.05) is 18.2 Å². The van der Waals surface area contributed by atoms with Gasteiger partial charge in [0.15, 0.2) is 17.4 Å². The Balaban J connectivity index is 1.70. The highest BCUT2D eigenvalue weighted by molar-refractivity contribution is 7.14. The lowest BCUT2D eigenvalue weighted by Gasteiger charge is -2.10. The van der Waals surface area contributed by atoms with Gasteiger partial charge in [0.05, 0.1) is 6.21 Å². The monoisotopic (exact) mass is 360 g/mol. The van der Waals surface area contributed by atoms with Gasteiger partial charge in [-0.3, -0.25) is 5.43 Å². The number of nitrogens with one attached hydrogen (secondary N) is 1. The molecule has 2 aromatic carbocycles. The highest BCUT2D eigenvalue weighted by atomic mass is 32.1. The van der Waals surface area contributed by atoms with Crippen molar-refractivity contribution < 1.29 is 13.5 Å². The molecule has 3 N–H and O–H groups in total. The zero-order valence-electron chi connectivity index (χ0n) is 12.9. The molecular weight excluding hydrogens is 346 g/mol. The summed E-state index contributed by atoms with van der Waals surface area (Å²) in [5.41, 5.74) is 9.78. The Morgan fingerprint density at radius 1 is 1.16 bits per heavy atom. The van der Waals surface area contributed by atoms with E-state index >= 15 is 0 Å². The summed E-state index contributed by atoms with van der Waals surface area (Å²) < 4.78 is 32.6. The molecule has 0 unspecified atom stereocenters. The van der Waals surface area contributed by atoms with Crippen LogP contribution in [0.2, 0.25) is 0 Å². The summed E-state index contributed by atoms with van der Waals surface area (Å²) in [6, 6.07) is 10.8. The third-order valence-electron chi connectivity index (χ3n) is 3.23. The lowest BCUT2D eigenvalue weighted by molar-refractivity contribution is 0.274. The molecular formula is C17H14F2N4OS. The summed E-state index contributed by atoms with van der Waals surface area (Å²) in [6.45, 7) is 0.00421. The Morgan fingerprint density at radius 3 is 2.64 bits per heavy atom. The summed E-state index contributed by atoms with van der Waals surface area (Å²) in [5.74, 6) is -1.46. The Labute approximate surface area is 146 Å². The second-order valence-electron chi connectivity index (χ2n) is 4.99. The van der Waals surface area contributed by atoms with Crippen LogP contribution in [-0.2, 0) is 6.61 Å². The number of nitrogens with two attached hydrogens (primary N) is 1. The zero-order chi connectivity index (χ0) is 17.6. The van der Waals surface area contributed by atoms with Crippen LogP contribution in [0.25, 0.3) is 0 Å². The van der Waals surface area contributed by atoms with Crippen LogP contribution >= 0.6 is 11.3 Å². The number of hydrazone groups is 1. The van der Waals surface area contributed by atoms with Gasteiger partial charge in [0, 0.05) is 10.9 Å². The molecule has 0 saturated heterocycles. The molecule has 5 nitrogen and oxygen atoms in total. The molecule has 0 amide bonds. The van der Waals surface area contributed by atoms with E-state index in [9.17, 15) is 8.78 Å². The number of hydrogen-bond donors (Lipinski definition) is 2. The molecule has 128 valence electrons. The SMILES string of the molecule is Nc1csc(NN=Cc2ccccc2COc2c(F)cccc2F)n1. The van der Waals surface area contributed by atoms with Gasteiger partial charge >= 0.3 is 0 Å². The molecule has 1 heterocycles. The molecule has 8 heteroatoms. The largest absolute Gasteiger partial charge is 0.483 e. The highest BCUT2D eigenvalue weighted by Crippen LogP contribution is 2.22. The molecule has 0 aliphatic heterocycles. The molecule has 25 heavy (non-hydrogen) atoms. The van der Waals surface area contributed by atoms with E-state index < -0.39 is 17.4 Å². The van der Waals surface area contributed by atoms with Gasteiger partial charge in [-0.15, -0.1) is 11.3 Å². The number of nitrogens with zero attached hydrogens (tertiary/aromatic N) is 2. The zero-order valence-corrected chi connectivity index (χ0v) is 13.8. The number of aromatic nitrogens is 1. The molecule has 0 saturated carbocycles. The highest BCUT2D eigenvalue weighted by Gasteiger charge is 2.10. The van der Waals surface area contributed by atoms with E-state index in [1.165, 1.54) is 17.4 Å². The Bertz CT molecular complexity index is 878. The van der Waals surface area contributed by atoms with Crippen LogP contribution in [0.5, 0.6) is 5.75 Å². The van der Waals surface area contributed by atoms with Crippen LogP contribution in [0.15, 0.2) is 52.9 Å². The summed E-state index contributed by atoms with van der Waals surface area (Å²) in [7, 11) is 0. The third kappa shape index (κ3) is 4.30. The van der Waals surface area contributed by atoms with Crippen molar-refractivity contribution in [2.45, 2.75) is 6.61 Å². The average Bonchev–Trinajstić information content (AvgIpc) is 3.01. The Morgan fingerprint density at radius 2 is 1.92 bits per heavy atom. The van der Waals surface area contributed by atoms with Crippen LogP contribution < -0.4 is 15.9 Å². The maximum absolute atomic E-state index is 13.6. The molecule has 0 bridgehead atoms. The Kier molecular flexibility index (Phi) is 5.20. The molecule has 0 spiro atoms. The summed E-state index contributed by atoms with van der Waals surface area (Å²) in [5, 5.41) is 6.35. The Hall–Kier alpha value is -3.00. The van der Waals surface area contributed by atoms with Crippen molar-refractivity contribution in [3.05, 3.63) is 70.6 Å². The van der Waals surface area contributed by atoms with Crippen molar-refractivity contribution in [3.63, 3.8) is 0 Å². The molecule has 3 rings (SSSR count). The minimum absolute atomic E-state index is 0.00421. The third-order valence-corrected chi connectivity index (χ3v) is 4.00. The van der Waals surface area contributed by atoms with Crippen molar-refractivity contribution in [1.82, 2.24) is 4.98 Å². The van der Waals surface area contributed by atoms with E-state index in [2.05, 4.69) is 15.5 Å². The first-order valence-electron chi connectivity index (χ1n) is 7.28. The van der Waals surface area contributed by atoms with Crippen LogP contribution in [-0.4, -0.2) is 11.2 Å². The van der Waals surface area contributed by atoms with Crippen molar-refractivity contribution >= 4 is 28.5 Å². The first kappa shape index (κ1) is 16.8. The predicted octanol–water partition coefficient (Wildman–Crippen LogP) is 4.03. The number of nitrogen functional groups attached to an aromatic ring is 1. The summed E-state index contributed by atoms with van der Waals surface area (Å²) in [4.78, 5) is 4.02. The van der Waals surface area contributed by atoms with E-state index in [4.69, 9.17) is 10.5 Å². The average molecular weight is 360 g/mol. The van der Waals surface area contributed by atoms with Crippen molar-refractivity contribution in [3.8, 4) is 5.75 Å². The molecule has 0 aliphatic carbocycles. The fraction of sp³-hybridized carbons (Fsp3) is 0.0588. The molecule has 0 aliphatic rings. The van der Waals surface area contributed by atoms with E-state index in [0.717, 1.165) is 23.3 Å². The molecule has 1 aromatic heterocycles. The molecule has 0 radical (unpaired) electrons. The minimum atomic E-state index is -0.742. The van der Waals surface area contributed by atoms with Gasteiger partial charge in [-0.2, -0.15) is 5.10 Å². The van der Waals surface area contributed by atoms with Gasteiger partial charge in [-0.05, 0) is 17.7 Å². The van der Waals surface area contributed by atoms with Crippen LogP contribution in [0.4, 0.5) is 19.7 Å². The maximum atomic E-state index is 13.6. The van der Waals surface area contributed by atoms with Gasteiger partial charge in [-0.25, -0.2) is 13.8 Å². The number of anilines is 2. The number of para-hydroxylation sites is 1. The van der Waals surface area contributed by atoms with E-state index in [-0.39, 0.29) is 6.61 Å². The fourth-order valence-electron chi connectivity index (χ4n) is 2.06. The van der Waals surface area contributed by atoms with Gasteiger partial charge in [-0.1, -0.05) is 30.3 Å². The lowest BCUT2D eigenvalue weighted by Crippen LogP contribution is -2.03. The normalized spacial score (nSPS) is 11.0. The topological polar surface area (TPSA) is 72.5 Å². The van der Waals surface area contributed by atoms with Gasteiger partial charge < -0.3 is 10.5 Å². The molecule has 0 atom stereocenters. The quantitative estimate of drug-likeness (QED) is 0.514. The fourth-order valence-corrected chi connectivity index (χ4v) is 2.61. The molecule has 0 fully saturated rings. The smallest absolute Gasteiger partial charge is 0.205 e. The minimum Gasteiger partial charge on any atom is -0.483 e. The number of rotatable bonds is 6. The first-order valence-corrected chi connectivity index (χ1v) is 8.16. The summed E-state index contributed by atoms with van der Waals surface area (Å²) in [6.07, 6.45) is 1.58. The number of halogens is 2. The van der Waals surface area contributed by atoms with Crippen LogP contribution in [0, 0.1) is 11.6 Å².